The summed E-state index contributed by atoms with van der Waals surface area (Å²) in [7, 11) is 0. The summed E-state index contributed by atoms with van der Waals surface area (Å²) in [5.74, 6) is 0. The molecule has 6 nitrogen and oxygen atoms in total. The maximum atomic E-state index is 10.8. The fourth-order valence-corrected chi connectivity index (χ4v) is 1.46. The molecule has 1 saturated carbocycles. The van der Waals surface area contributed by atoms with Crippen LogP contribution in [0.4, 0.5) is 11.4 Å². The van der Waals surface area contributed by atoms with E-state index in [-0.39, 0.29) is 17.8 Å². The lowest BCUT2D eigenvalue weighted by molar-refractivity contribution is -0.384. The summed E-state index contributed by atoms with van der Waals surface area (Å²) in [4.78, 5) is 10.3. The first-order valence-electron chi connectivity index (χ1n) is 4.82. The largest absolute Gasteiger partial charge is 0.375 e. The van der Waals surface area contributed by atoms with Crippen LogP contribution in [0, 0.1) is 21.4 Å². The number of nitrogens with zero attached hydrogens (tertiary/aromatic N) is 2. The second-order valence-corrected chi connectivity index (χ2v) is 3.75. The zero-order valence-corrected chi connectivity index (χ0v) is 8.38. The maximum absolute atomic E-state index is 10.8. The van der Waals surface area contributed by atoms with E-state index in [1.54, 1.807) is 0 Å². The molecule has 82 valence electrons. The third-order valence-corrected chi connectivity index (χ3v) is 2.50. The summed E-state index contributed by atoms with van der Waals surface area (Å²) in [6.07, 6.45) is 0.800. The Morgan fingerprint density at radius 3 is 2.81 bits per heavy atom. The van der Waals surface area contributed by atoms with Gasteiger partial charge >= 0.3 is 0 Å². The molecule has 1 fully saturated rings. The fourth-order valence-electron chi connectivity index (χ4n) is 1.46. The van der Waals surface area contributed by atoms with Gasteiger partial charge in [0.1, 0.15) is 5.69 Å². The van der Waals surface area contributed by atoms with Crippen molar-refractivity contribution >= 4 is 11.4 Å². The number of nitro groups is 1. The molecule has 0 spiro atoms. The monoisotopic (exact) mass is 218 g/mol. The van der Waals surface area contributed by atoms with Gasteiger partial charge in [-0.2, -0.15) is 5.26 Å². The van der Waals surface area contributed by atoms with Crippen LogP contribution < -0.4 is 11.1 Å². The van der Waals surface area contributed by atoms with Crippen LogP contribution >= 0.6 is 0 Å². The number of nitriles is 1. The second kappa shape index (κ2) is 3.79. The van der Waals surface area contributed by atoms with E-state index in [9.17, 15) is 10.1 Å². The Bertz CT molecular complexity index is 480. The molecular weight excluding hydrogens is 208 g/mol. The summed E-state index contributed by atoms with van der Waals surface area (Å²) in [5.41, 5.74) is 6.34. The summed E-state index contributed by atoms with van der Waals surface area (Å²) in [6.45, 7) is 0. The van der Waals surface area contributed by atoms with Gasteiger partial charge in [-0.1, -0.05) is 0 Å². The van der Waals surface area contributed by atoms with E-state index < -0.39 is 4.92 Å². The normalized spacial score (nSPS) is 22.2. The molecule has 2 atom stereocenters. The van der Waals surface area contributed by atoms with Gasteiger partial charge in [-0.3, -0.25) is 10.1 Å². The van der Waals surface area contributed by atoms with Gasteiger partial charge in [0.2, 0.25) is 0 Å². The van der Waals surface area contributed by atoms with Crippen molar-refractivity contribution in [3.63, 3.8) is 0 Å². The number of rotatable bonds is 3. The standard InChI is InChI=1S/C10H10N4O2/c11-5-6-1-2-10(14(15)16)9(3-6)13-8-4-7(8)12/h1-3,7-8,13H,4,12H2. The number of benzene rings is 1. The van der Waals surface area contributed by atoms with Gasteiger partial charge in [-0.15, -0.1) is 0 Å². The molecule has 0 amide bonds. The third-order valence-electron chi connectivity index (χ3n) is 2.50. The van der Waals surface area contributed by atoms with Crippen molar-refractivity contribution in [2.45, 2.75) is 18.5 Å². The summed E-state index contributed by atoms with van der Waals surface area (Å²) in [5, 5.41) is 22.4. The molecular formula is C10H10N4O2. The van der Waals surface area contributed by atoms with E-state index in [1.165, 1.54) is 18.2 Å². The number of nitrogens with one attached hydrogen (secondary N) is 1. The average Bonchev–Trinajstić information content (AvgIpc) is 2.93. The van der Waals surface area contributed by atoms with Crippen molar-refractivity contribution in [3.05, 3.63) is 33.9 Å². The topological polar surface area (TPSA) is 105 Å². The quantitative estimate of drug-likeness (QED) is 0.581. The minimum Gasteiger partial charge on any atom is -0.375 e. The zero-order valence-electron chi connectivity index (χ0n) is 8.38. The summed E-state index contributed by atoms with van der Waals surface area (Å²) in [6, 6.07) is 6.30. The maximum Gasteiger partial charge on any atom is 0.292 e. The molecule has 1 aliphatic rings. The molecule has 2 unspecified atom stereocenters. The van der Waals surface area contributed by atoms with Crippen LogP contribution in [0.3, 0.4) is 0 Å². The van der Waals surface area contributed by atoms with E-state index in [1.807, 2.05) is 6.07 Å². The van der Waals surface area contributed by atoms with E-state index in [2.05, 4.69) is 5.32 Å². The number of nitro benzene ring substituents is 1. The average molecular weight is 218 g/mol. The minimum atomic E-state index is -0.475. The molecule has 0 saturated heterocycles. The zero-order chi connectivity index (χ0) is 11.7. The third kappa shape index (κ3) is 1.94. The van der Waals surface area contributed by atoms with Gasteiger partial charge < -0.3 is 11.1 Å². The lowest BCUT2D eigenvalue weighted by Crippen LogP contribution is -2.14. The van der Waals surface area contributed by atoms with E-state index >= 15 is 0 Å². The van der Waals surface area contributed by atoms with E-state index in [4.69, 9.17) is 11.0 Å². The molecule has 0 bridgehead atoms. The highest BCUT2D eigenvalue weighted by Gasteiger charge is 2.34. The Balaban J connectivity index is 2.31. The van der Waals surface area contributed by atoms with Crippen LogP contribution in [0.5, 0.6) is 0 Å². The molecule has 0 aromatic heterocycles. The molecule has 1 aliphatic carbocycles. The van der Waals surface area contributed by atoms with Crippen molar-refractivity contribution in [1.29, 1.82) is 5.26 Å². The van der Waals surface area contributed by atoms with Crippen LogP contribution in [0.2, 0.25) is 0 Å². The van der Waals surface area contributed by atoms with Gasteiger partial charge in [-0.05, 0) is 18.6 Å². The second-order valence-electron chi connectivity index (χ2n) is 3.75. The number of anilines is 1. The van der Waals surface area contributed by atoms with E-state index in [0.29, 0.717) is 11.3 Å². The first-order valence-corrected chi connectivity index (χ1v) is 4.82. The van der Waals surface area contributed by atoms with Gasteiger partial charge in [0.05, 0.1) is 16.6 Å². The van der Waals surface area contributed by atoms with Crippen molar-refractivity contribution in [1.82, 2.24) is 0 Å². The Labute approximate surface area is 91.8 Å². The SMILES string of the molecule is N#Cc1ccc([N+](=O)[O-])c(NC2CC2N)c1. The van der Waals surface area contributed by atoms with Gasteiger partial charge in [0.25, 0.3) is 5.69 Å². The van der Waals surface area contributed by atoms with Crippen LogP contribution in [-0.4, -0.2) is 17.0 Å². The molecule has 6 heteroatoms. The van der Waals surface area contributed by atoms with Crippen LogP contribution in [0.1, 0.15) is 12.0 Å². The molecule has 1 aromatic carbocycles. The first kappa shape index (κ1) is 10.4. The van der Waals surface area contributed by atoms with Crippen molar-refractivity contribution in [2.75, 3.05) is 5.32 Å². The number of hydrogen-bond donors (Lipinski definition) is 2. The lowest BCUT2D eigenvalue weighted by Gasteiger charge is -2.05. The number of hydrogen-bond acceptors (Lipinski definition) is 5. The minimum absolute atomic E-state index is 0.0295. The molecule has 1 aromatic rings. The fraction of sp³-hybridized carbons (Fsp3) is 0.300. The first-order chi connectivity index (χ1) is 7.61. The smallest absolute Gasteiger partial charge is 0.292 e. The Morgan fingerprint density at radius 1 is 1.62 bits per heavy atom. The molecule has 0 aliphatic heterocycles. The summed E-state index contributed by atoms with van der Waals surface area (Å²) >= 11 is 0. The molecule has 3 N–H and O–H groups in total. The predicted molar refractivity (Wildman–Crippen MR) is 57.8 cm³/mol. The lowest BCUT2D eigenvalue weighted by atomic mass is 10.2. The predicted octanol–water partition coefficient (Wildman–Crippen LogP) is 0.978. The molecule has 0 heterocycles. The highest BCUT2D eigenvalue weighted by molar-refractivity contribution is 5.65. The van der Waals surface area contributed by atoms with Crippen LogP contribution in [0.15, 0.2) is 18.2 Å². The van der Waals surface area contributed by atoms with Crippen molar-refractivity contribution in [2.24, 2.45) is 5.73 Å². The Hall–Kier alpha value is -2.13. The van der Waals surface area contributed by atoms with Gasteiger partial charge in [-0.25, -0.2) is 0 Å². The Kier molecular flexibility index (Phi) is 2.46. The van der Waals surface area contributed by atoms with Gasteiger partial charge in [0.15, 0.2) is 0 Å². The molecule has 2 rings (SSSR count). The van der Waals surface area contributed by atoms with Crippen LogP contribution in [-0.2, 0) is 0 Å². The van der Waals surface area contributed by atoms with Gasteiger partial charge in [0, 0.05) is 18.2 Å². The Morgan fingerprint density at radius 2 is 2.31 bits per heavy atom. The van der Waals surface area contributed by atoms with Crippen LogP contribution in [0.25, 0.3) is 0 Å². The van der Waals surface area contributed by atoms with E-state index in [0.717, 1.165) is 6.42 Å². The highest BCUT2D eigenvalue weighted by atomic mass is 16.6. The summed E-state index contributed by atoms with van der Waals surface area (Å²) < 4.78 is 0. The molecule has 16 heavy (non-hydrogen) atoms. The highest BCUT2D eigenvalue weighted by Crippen LogP contribution is 2.30. The number of nitrogens with two attached hydrogens (primary N) is 1. The molecule has 0 radical (unpaired) electrons. The van der Waals surface area contributed by atoms with Crippen molar-refractivity contribution in [3.8, 4) is 6.07 Å². The van der Waals surface area contributed by atoms with Crippen molar-refractivity contribution < 1.29 is 4.92 Å².